The Labute approximate surface area is 167 Å². The van der Waals surface area contributed by atoms with Crippen LogP contribution in [0.2, 0.25) is 0 Å². The van der Waals surface area contributed by atoms with E-state index in [-0.39, 0.29) is 11.4 Å². The number of thioether (sulfide) groups is 1. The summed E-state index contributed by atoms with van der Waals surface area (Å²) in [5, 5.41) is 12.1. The number of anilines is 1. The molecular weight excluding hydrogens is 404 g/mol. The van der Waals surface area contributed by atoms with Crippen LogP contribution in [0.15, 0.2) is 35.5 Å². The van der Waals surface area contributed by atoms with Gasteiger partial charge >= 0.3 is 5.97 Å². The molecule has 1 amide bonds. The van der Waals surface area contributed by atoms with Gasteiger partial charge in [0.05, 0.1) is 17.7 Å². The van der Waals surface area contributed by atoms with E-state index in [0.717, 1.165) is 11.8 Å². The highest BCUT2D eigenvalue weighted by Crippen LogP contribution is 2.39. The number of hydrogen-bond donors (Lipinski definition) is 4. The zero-order valence-electron chi connectivity index (χ0n) is 15.4. The molecule has 2 heterocycles. The van der Waals surface area contributed by atoms with Crippen LogP contribution >= 0.6 is 11.8 Å². The number of fused-ring (bicyclic) bond motifs is 1. The molecule has 3 rings (SSSR count). The molecule has 0 bridgehead atoms. The second-order valence-electron chi connectivity index (χ2n) is 6.88. The first kappa shape index (κ1) is 20.5. The Hall–Kier alpha value is -2.24. The number of nitrogens with one attached hydrogen (secondary N) is 2. The van der Waals surface area contributed by atoms with Crippen LogP contribution in [0.5, 0.6) is 0 Å². The molecule has 5 N–H and O–H groups in total. The second-order valence-corrected chi connectivity index (χ2v) is 9.73. The molecule has 28 heavy (non-hydrogen) atoms. The molecule has 2 aliphatic rings. The number of nitrogens with two attached hydrogens (primary N) is 1. The summed E-state index contributed by atoms with van der Waals surface area (Å²) in [5.74, 6) is -0.759. The lowest BCUT2D eigenvalue weighted by atomic mass is 10.0. The molecule has 0 aliphatic carbocycles. The van der Waals surface area contributed by atoms with Crippen LogP contribution in [0.4, 0.5) is 5.69 Å². The number of hydrogen-bond acceptors (Lipinski definition) is 7. The largest absolute Gasteiger partial charge is 0.477 e. The fourth-order valence-electron chi connectivity index (χ4n) is 3.29. The molecule has 1 fully saturated rings. The van der Waals surface area contributed by atoms with Crippen molar-refractivity contribution >= 4 is 39.3 Å². The Balaban J connectivity index is 1.65. The monoisotopic (exact) mass is 426 g/mol. The Morgan fingerprint density at radius 1 is 1.39 bits per heavy atom. The number of sulfonamides is 1. The number of carbonyl (C=O) groups excluding carboxylic acids is 1. The van der Waals surface area contributed by atoms with E-state index < -0.39 is 27.9 Å². The van der Waals surface area contributed by atoms with Gasteiger partial charge in [0, 0.05) is 18.0 Å². The van der Waals surface area contributed by atoms with Crippen LogP contribution in [0.3, 0.4) is 0 Å². The molecule has 152 valence electrons. The summed E-state index contributed by atoms with van der Waals surface area (Å²) >= 11 is 1.58. The second kappa shape index (κ2) is 7.64. The van der Waals surface area contributed by atoms with Gasteiger partial charge < -0.3 is 21.1 Å². The van der Waals surface area contributed by atoms with Gasteiger partial charge in [-0.25, -0.2) is 13.2 Å². The van der Waals surface area contributed by atoms with Crippen LogP contribution in [-0.4, -0.2) is 60.3 Å². The molecular formula is C17H22N4O5S2. The third kappa shape index (κ3) is 4.26. The van der Waals surface area contributed by atoms with Crippen molar-refractivity contribution in [2.24, 2.45) is 5.73 Å². The number of carboxylic acids is 1. The van der Waals surface area contributed by atoms with Crippen molar-refractivity contribution in [2.75, 3.05) is 23.3 Å². The summed E-state index contributed by atoms with van der Waals surface area (Å²) in [6, 6.07) is 5.17. The molecule has 1 aromatic carbocycles. The lowest BCUT2D eigenvalue weighted by molar-refractivity contribution is -0.135. The quantitative estimate of drug-likeness (QED) is 0.508. The van der Waals surface area contributed by atoms with Crippen molar-refractivity contribution in [1.82, 2.24) is 10.2 Å². The zero-order chi connectivity index (χ0) is 20.6. The Bertz CT molecular complexity index is 947. The van der Waals surface area contributed by atoms with Crippen LogP contribution in [0.25, 0.3) is 0 Å². The Morgan fingerprint density at radius 3 is 2.75 bits per heavy atom. The van der Waals surface area contributed by atoms with E-state index in [1.165, 1.54) is 6.07 Å². The van der Waals surface area contributed by atoms with Crippen molar-refractivity contribution < 1.29 is 23.1 Å². The molecule has 1 saturated heterocycles. The Morgan fingerprint density at radius 2 is 2.11 bits per heavy atom. The molecule has 2 unspecified atom stereocenters. The van der Waals surface area contributed by atoms with Gasteiger partial charge in [-0.2, -0.15) is 0 Å². The summed E-state index contributed by atoms with van der Waals surface area (Å²) in [6.45, 7) is 2.21. The van der Waals surface area contributed by atoms with Crippen molar-refractivity contribution in [1.29, 1.82) is 0 Å². The first-order chi connectivity index (χ1) is 13.1. The van der Waals surface area contributed by atoms with Gasteiger partial charge in [0.2, 0.25) is 15.9 Å². The van der Waals surface area contributed by atoms with Crippen LogP contribution in [-0.2, 0) is 19.6 Å². The predicted molar refractivity (Wildman–Crippen MR) is 107 cm³/mol. The summed E-state index contributed by atoms with van der Waals surface area (Å²) in [5.41, 5.74) is 7.96. The predicted octanol–water partition coefficient (Wildman–Crippen LogP) is 0.290. The Kier molecular flexibility index (Phi) is 5.60. The summed E-state index contributed by atoms with van der Waals surface area (Å²) in [6.07, 6.45) is 1.04. The van der Waals surface area contributed by atoms with Gasteiger partial charge in [0.25, 0.3) is 0 Å². The molecule has 9 nitrogen and oxygen atoms in total. The smallest absolute Gasteiger partial charge is 0.352 e. The minimum atomic E-state index is -3.44. The summed E-state index contributed by atoms with van der Waals surface area (Å²) < 4.78 is 25.1. The van der Waals surface area contributed by atoms with E-state index in [0.29, 0.717) is 29.2 Å². The normalized spacial score (nSPS) is 22.8. The van der Waals surface area contributed by atoms with Gasteiger partial charge in [-0.3, -0.25) is 9.52 Å². The summed E-state index contributed by atoms with van der Waals surface area (Å²) in [4.78, 5) is 25.8. The van der Waals surface area contributed by atoms with Crippen molar-refractivity contribution in [3.8, 4) is 0 Å². The van der Waals surface area contributed by atoms with Gasteiger partial charge in [0.15, 0.2) is 0 Å². The number of amides is 1. The molecule has 1 aromatic rings. The average molecular weight is 427 g/mol. The molecule has 0 spiro atoms. The molecule has 11 heteroatoms. The third-order valence-corrected chi connectivity index (χ3v) is 6.70. The number of aliphatic carboxylic acids is 1. The zero-order valence-corrected chi connectivity index (χ0v) is 17.0. The van der Waals surface area contributed by atoms with Crippen LogP contribution in [0.1, 0.15) is 18.5 Å². The number of nitrogens with zero attached hydrogens (tertiary/aromatic N) is 1. The summed E-state index contributed by atoms with van der Waals surface area (Å²) in [7, 11) is -3.44. The molecule has 0 saturated carbocycles. The van der Waals surface area contributed by atoms with E-state index in [1.807, 2.05) is 0 Å². The van der Waals surface area contributed by atoms with Crippen LogP contribution in [0, 0.1) is 0 Å². The van der Waals surface area contributed by atoms with E-state index in [2.05, 4.69) is 10.0 Å². The van der Waals surface area contributed by atoms with E-state index in [4.69, 9.17) is 5.73 Å². The topological polar surface area (TPSA) is 142 Å². The minimum absolute atomic E-state index is 0.135. The third-order valence-electron chi connectivity index (χ3n) is 4.57. The lowest BCUT2D eigenvalue weighted by Crippen LogP contribution is -2.67. The molecule has 0 radical (unpaired) electrons. The number of carboxylic acid groups (broad SMARTS) is 1. The number of carbonyl (C=O) groups is 2. The minimum Gasteiger partial charge on any atom is -0.477 e. The molecule has 3 atom stereocenters. The van der Waals surface area contributed by atoms with Gasteiger partial charge in [-0.1, -0.05) is 12.1 Å². The number of benzene rings is 1. The van der Waals surface area contributed by atoms with Gasteiger partial charge in [-0.05, 0) is 30.2 Å². The lowest BCUT2D eigenvalue weighted by Gasteiger charge is -2.52. The highest BCUT2D eigenvalue weighted by molar-refractivity contribution is 8.00. The van der Waals surface area contributed by atoms with Gasteiger partial charge in [-0.15, -0.1) is 11.8 Å². The van der Waals surface area contributed by atoms with Crippen molar-refractivity contribution in [3.05, 3.63) is 41.1 Å². The maximum Gasteiger partial charge on any atom is 0.352 e. The van der Waals surface area contributed by atoms with E-state index >= 15 is 0 Å². The van der Waals surface area contributed by atoms with E-state index in [9.17, 15) is 23.1 Å². The highest BCUT2D eigenvalue weighted by atomic mass is 32.2. The fraction of sp³-hybridized carbons (Fsp3) is 0.412. The molecule has 0 aromatic heterocycles. The fourth-order valence-corrected chi connectivity index (χ4v) is 5.16. The van der Waals surface area contributed by atoms with Crippen molar-refractivity contribution in [3.63, 3.8) is 0 Å². The maximum absolute atomic E-state index is 12.6. The molecule has 2 aliphatic heterocycles. The first-order valence-corrected chi connectivity index (χ1v) is 11.5. The first-order valence-electron chi connectivity index (χ1n) is 8.52. The van der Waals surface area contributed by atoms with E-state index in [1.54, 1.807) is 41.8 Å². The standard InChI is InChI=1S/C17H22N4O5S2/c1-9-8-27-16-12(7-21(16)14(9)17(23)24)19-15(22)13(18)10-4-3-5-11(6-10)20-28(2,25)26/h3-6,12-13,16,20H,7-8,18H2,1-2H3,(H,19,22)(H,23,24)/t12?,13-,16?/m1/s1. The van der Waals surface area contributed by atoms with Gasteiger partial charge in [0.1, 0.15) is 11.7 Å². The van der Waals surface area contributed by atoms with Crippen molar-refractivity contribution in [2.45, 2.75) is 24.4 Å². The average Bonchev–Trinajstić information content (AvgIpc) is 2.57. The maximum atomic E-state index is 12.6. The highest BCUT2D eigenvalue weighted by Gasteiger charge is 2.46. The van der Waals surface area contributed by atoms with Crippen LogP contribution < -0.4 is 15.8 Å². The SMILES string of the molecule is CC1=C(C(=O)O)N2CC(NC(=O)[C@H](N)c3cccc(NS(C)(=O)=O)c3)C2SC1. The number of rotatable bonds is 6.